The SMILES string of the molecule is CCCN(CCC)CCC(=O)OC12CC3CC(C1)CC(OC(=O)c1ccc(C(CC(C)(C)C)C(C)(C)C)cc1)(C3)C2. The van der Waals surface area contributed by atoms with Crippen LogP contribution in [0.15, 0.2) is 24.3 Å². The Hall–Kier alpha value is -1.88. The number of carbonyl (C=O) groups is 2. The second kappa shape index (κ2) is 12.4. The summed E-state index contributed by atoms with van der Waals surface area (Å²) in [4.78, 5) is 29.0. The second-order valence-electron chi connectivity index (χ2n) is 16.1. The van der Waals surface area contributed by atoms with Crippen molar-refractivity contribution < 1.29 is 19.1 Å². The van der Waals surface area contributed by atoms with Crippen LogP contribution in [-0.2, 0) is 14.3 Å². The highest BCUT2D eigenvalue weighted by Gasteiger charge is 2.61. The van der Waals surface area contributed by atoms with Crippen LogP contribution in [-0.4, -0.2) is 47.7 Å². The summed E-state index contributed by atoms with van der Waals surface area (Å²) in [5.74, 6) is 0.991. The molecular weight excluding hydrogens is 510 g/mol. The number of rotatable bonds is 12. The van der Waals surface area contributed by atoms with Crippen molar-refractivity contribution in [2.75, 3.05) is 19.6 Å². The Morgan fingerprint density at radius 1 is 0.854 bits per heavy atom. The van der Waals surface area contributed by atoms with E-state index in [1.807, 2.05) is 12.1 Å². The van der Waals surface area contributed by atoms with Gasteiger partial charge in [0.2, 0.25) is 0 Å². The summed E-state index contributed by atoms with van der Waals surface area (Å²) in [5.41, 5.74) is 1.25. The summed E-state index contributed by atoms with van der Waals surface area (Å²) in [7, 11) is 0. The first-order valence-corrected chi connectivity index (χ1v) is 16.4. The van der Waals surface area contributed by atoms with Gasteiger partial charge in [0.25, 0.3) is 0 Å². The predicted molar refractivity (Wildman–Crippen MR) is 166 cm³/mol. The van der Waals surface area contributed by atoms with E-state index in [2.05, 4.69) is 72.4 Å². The van der Waals surface area contributed by atoms with Crippen molar-refractivity contribution in [3.8, 4) is 0 Å². The van der Waals surface area contributed by atoms with Crippen LogP contribution in [0.5, 0.6) is 0 Å². The number of carbonyl (C=O) groups excluding carboxylic acids is 2. The molecule has 0 aliphatic heterocycles. The molecule has 4 aliphatic rings. The fourth-order valence-electron chi connectivity index (χ4n) is 8.49. The average molecular weight is 568 g/mol. The third kappa shape index (κ3) is 8.15. The Morgan fingerprint density at radius 2 is 1.39 bits per heavy atom. The third-order valence-corrected chi connectivity index (χ3v) is 9.72. The van der Waals surface area contributed by atoms with Crippen LogP contribution < -0.4 is 0 Å². The largest absolute Gasteiger partial charge is 0.459 e. The lowest BCUT2D eigenvalue weighted by molar-refractivity contribution is -0.219. The van der Waals surface area contributed by atoms with Crippen LogP contribution in [0.1, 0.15) is 141 Å². The van der Waals surface area contributed by atoms with Crippen molar-refractivity contribution in [1.82, 2.24) is 4.90 Å². The predicted octanol–water partition coefficient (Wildman–Crippen LogP) is 8.56. The number of hydrogen-bond donors (Lipinski definition) is 0. The number of ether oxygens (including phenoxy) is 2. The van der Waals surface area contributed by atoms with Gasteiger partial charge in [0.15, 0.2) is 0 Å². The molecule has 41 heavy (non-hydrogen) atoms. The Balaban J connectivity index is 1.42. The van der Waals surface area contributed by atoms with E-state index in [1.54, 1.807) is 0 Å². The van der Waals surface area contributed by atoms with Gasteiger partial charge in [-0.05, 0) is 111 Å². The van der Waals surface area contributed by atoms with Crippen LogP contribution in [0.3, 0.4) is 0 Å². The molecule has 0 N–H and O–H groups in total. The maximum atomic E-state index is 13.5. The highest BCUT2D eigenvalue weighted by molar-refractivity contribution is 5.89. The minimum Gasteiger partial charge on any atom is -0.459 e. The van der Waals surface area contributed by atoms with E-state index in [9.17, 15) is 9.59 Å². The molecular formula is C36H57NO4. The second-order valence-corrected chi connectivity index (χ2v) is 16.1. The molecule has 1 aromatic rings. The standard InChI is InChI=1S/C36H57NO4/c1-9-16-37(17-10-2)18-15-31(38)40-35-20-26-19-27(21-35)23-36(22-26,25-35)41-32(39)29-13-11-28(12-14-29)30(34(6,7)8)24-33(3,4)5/h11-14,26-27,30H,9-10,15-25H2,1-8H3. The number of benzene rings is 1. The van der Waals surface area contributed by atoms with Gasteiger partial charge in [-0.15, -0.1) is 0 Å². The van der Waals surface area contributed by atoms with Gasteiger partial charge in [0, 0.05) is 13.0 Å². The van der Waals surface area contributed by atoms with Crippen LogP contribution in [0.25, 0.3) is 0 Å². The lowest BCUT2D eigenvalue weighted by Crippen LogP contribution is -2.61. The Bertz CT molecular complexity index is 1030. The topological polar surface area (TPSA) is 55.8 Å². The molecule has 4 bridgehead atoms. The molecule has 4 fully saturated rings. The van der Waals surface area contributed by atoms with Crippen molar-refractivity contribution >= 4 is 11.9 Å². The maximum Gasteiger partial charge on any atom is 0.338 e. The molecule has 4 saturated carbocycles. The molecule has 1 aromatic carbocycles. The van der Waals surface area contributed by atoms with E-state index in [0.29, 0.717) is 36.2 Å². The van der Waals surface area contributed by atoms with Crippen molar-refractivity contribution in [2.45, 2.75) is 137 Å². The number of nitrogens with zero attached hydrogens (tertiary/aromatic N) is 1. The summed E-state index contributed by atoms with van der Waals surface area (Å²) in [5, 5.41) is 0. The van der Waals surface area contributed by atoms with Crippen molar-refractivity contribution in [2.24, 2.45) is 22.7 Å². The molecule has 0 spiro atoms. The molecule has 0 amide bonds. The molecule has 3 unspecified atom stereocenters. The first kappa shape index (κ1) is 32.0. The summed E-state index contributed by atoms with van der Waals surface area (Å²) in [6, 6.07) is 8.16. The Kier molecular flexibility index (Phi) is 9.68. The molecule has 4 aliphatic carbocycles. The van der Waals surface area contributed by atoms with Crippen LogP contribution in [0.4, 0.5) is 0 Å². The van der Waals surface area contributed by atoms with E-state index >= 15 is 0 Å². The summed E-state index contributed by atoms with van der Waals surface area (Å²) in [6.07, 6.45) is 9.13. The normalized spacial score (nSPS) is 28.1. The quantitative estimate of drug-likeness (QED) is 0.237. The maximum absolute atomic E-state index is 13.5. The fraction of sp³-hybridized carbons (Fsp3) is 0.778. The summed E-state index contributed by atoms with van der Waals surface area (Å²) in [6.45, 7) is 20.9. The Labute approximate surface area is 250 Å². The van der Waals surface area contributed by atoms with Gasteiger partial charge >= 0.3 is 11.9 Å². The molecule has 5 nitrogen and oxygen atoms in total. The zero-order valence-electron chi connectivity index (χ0n) is 27.3. The molecule has 0 radical (unpaired) electrons. The van der Waals surface area contributed by atoms with Gasteiger partial charge in [-0.25, -0.2) is 4.79 Å². The van der Waals surface area contributed by atoms with Gasteiger partial charge in [0.05, 0.1) is 12.0 Å². The summed E-state index contributed by atoms with van der Waals surface area (Å²) >= 11 is 0. The molecule has 0 saturated heterocycles. The molecule has 0 aromatic heterocycles. The zero-order valence-corrected chi connectivity index (χ0v) is 27.3. The lowest BCUT2D eigenvalue weighted by atomic mass is 9.52. The van der Waals surface area contributed by atoms with Crippen molar-refractivity contribution in [3.63, 3.8) is 0 Å². The van der Waals surface area contributed by atoms with Crippen LogP contribution in [0.2, 0.25) is 0 Å². The van der Waals surface area contributed by atoms with E-state index in [1.165, 1.54) is 5.56 Å². The smallest absolute Gasteiger partial charge is 0.338 e. The van der Waals surface area contributed by atoms with Crippen LogP contribution >= 0.6 is 0 Å². The van der Waals surface area contributed by atoms with Gasteiger partial charge in [-0.1, -0.05) is 67.5 Å². The van der Waals surface area contributed by atoms with Crippen molar-refractivity contribution in [1.29, 1.82) is 0 Å². The van der Waals surface area contributed by atoms with E-state index < -0.39 is 11.2 Å². The average Bonchev–Trinajstić information content (AvgIpc) is 2.84. The Morgan fingerprint density at radius 3 is 1.88 bits per heavy atom. The zero-order chi connectivity index (χ0) is 30.1. The molecule has 230 valence electrons. The minimum atomic E-state index is -0.517. The van der Waals surface area contributed by atoms with Crippen LogP contribution in [0, 0.1) is 22.7 Å². The minimum absolute atomic E-state index is 0.0927. The van der Waals surface area contributed by atoms with E-state index in [0.717, 1.165) is 71.0 Å². The van der Waals surface area contributed by atoms with Gasteiger partial charge in [0.1, 0.15) is 11.2 Å². The number of esters is 2. The molecule has 5 heteroatoms. The highest BCUT2D eigenvalue weighted by Crippen LogP contribution is 2.60. The first-order chi connectivity index (χ1) is 19.1. The highest BCUT2D eigenvalue weighted by atomic mass is 16.6. The summed E-state index contributed by atoms with van der Waals surface area (Å²) < 4.78 is 12.7. The molecule has 5 rings (SSSR count). The third-order valence-electron chi connectivity index (χ3n) is 9.72. The van der Waals surface area contributed by atoms with E-state index in [-0.39, 0.29) is 22.8 Å². The lowest BCUT2D eigenvalue weighted by Gasteiger charge is -2.60. The van der Waals surface area contributed by atoms with Crippen molar-refractivity contribution in [3.05, 3.63) is 35.4 Å². The molecule has 0 heterocycles. The first-order valence-electron chi connectivity index (χ1n) is 16.4. The van der Waals surface area contributed by atoms with Gasteiger partial charge < -0.3 is 14.4 Å². The monoisotopic (exact) mass is 567 g/mol. The molecule has 3 atom stereocenters. The van der Waals surface area contributed by atoms with Gasteiger partial charge in [-0.2, -0.15) is 0 Å². The van der Waals surface area contributed by atoms with Gasteiger partial charge in [-0.3, -0.25) is 4.79 Å². The fourth-order valence-corrected chi connectivity index (χ4v) is 8.49. The number of hydrogen-bond acceptors (Lipinski definition) is 5. The van der Waals surface area contributed by atoms with E-state index in [4.69, 9.17) is 9.47 Å².